The molecule has 1 aromatic carbocycles. The Morgan fingerprint density at radius 2 is 2.06 bits per heavy atom. The molecule has 0 radical (unpaired) electrons. The summed E-state index contributed by atoms with van der Waals surface area (Å²) in [5.41, 5.74) is 1.01. The largest absolute Gasteiger partial charge is 0.435 e. The van der Waals surface area contributed by atoms with Crippen molar-refractivity contribution in [3.8, 4) is 0 Å². The minimum absolute atomic E-state index is 0. The van der Waals surface area contributed by atoms with Crippen LogP contribution < -0.4 is 15.5 Å². The van der Waals surface area contributed by atoms with Gasteiger partial charge in [0.1, 0.15) is 5.82 Å². The van der Waals surface area contributed by atoms with Crippen LogP contribution >= 0.6 is 24.0 Å². The molecule has 1 atom stereocenters. The van der Waals surface area contributed by atoms with Crippen molar-refractivity contribution >= 4 is 35.6 Å². The van der Waals surface area contributed by atoms with Crippen molar-refractivity contribution in [1.29, 1.82) is 0 Å². The van der Waals surface area contributed by atoms with E-state index in [-0.39, 0.29) is 47.9 Å². The highest BCUT2D eigenvalue weighted by Crippen LogP contribution is 2.30. The highest BCUT2D eigenvalue weighted by atomic mass is 127. The fourth-order valence-corrected chi connectivity index (χ4v) is 3.76. The van der Waals surface area contributed by atoms with Gasteiger partial charge in [-0.3, -0.25) is 9.67 Å². The summed E-state index contributed by atoms with van der Waals surface area (Å²) in [7, 11) is 3.04. The van der Waals surface area contributed by atoms with E-state index in [4.69, 9.17) is 0 Å². The summed E-state index contributed by atoms with van der Waals surface area (Å²) >= 11 is 0. The minimum atomic E-state index is -4.51. The number of nitrogens with one attached hydrogen (secondary N) is 2. The van der Waals surface area contributed by atoms with E-state index in [0.717, 1.165) is 35.3 Å². The topological polar surface area (TPSA) is 57.5 Å². The molecular weight excluding hydrogens is 527 g/mol. The highest BCUT2D eigenvalue weighted by Gasteiger charge is 2.36. The zero-order valence-electron chi connectivity index (χ0n) is 17.6. The summed E-state index contributed by atoms with van der Waals surface area (Å²) in [5.74, 6) is 0.163. The lowest BCUT2D eigenvalue weighted by molar-refractivity contribution is -0.142. The first-order valence-corrected chi connectivity index (χ1v) is 9.75. The zero-order chi connectivity index (χ0) is 21.9. The Balaban J connectivity index is 0.00000341. The summed E-state index contributed by atoms with van der Waals surface area (Å²) < 4.78 is 53.9. The Hall–Kier alpha value is -2.05. The molecule has 3 rings (SSSR count). The van der Waals surface area contributed by atoms with Crippen LogP contribution in [-0.4, -0.2) is 41.9 Å². The molecule has 0 bridgehead atoms. The number of rotatable bonds is 4. The Labute approximate surface area is 196 Å². The minimum Gasteiger partial charge on any atom is -0.369 e. The van der Waals surface area contributed by atoms with Crippen LogP contribution in [0.4, 0.5) is 23.2 Å². The molecule has 1 unspecified atom stereocenters. The molecule has 2 heterocycles. The lowest BCUT2D eigenvalue weighted by atomic mass is 10.0. The van der Waals surface area contributed by atoms with E-state index >= 15 is 0 Å². The van der Waals surface area contributed by atoms with Crippen molar-refractivity contribution in [2.75, 3.05) is 25.0 Å². The van der Waals surface area contributed by atoms with Gasteiger partial charge in [-0.2, -0.15) is 18.3 Å². The smallest absolute Gasteiger partial charge is 0.369 e. The number of anilines is 1. The Kier molecular flexibility index (Phi) is 8.55. The van der Waals surface area contributed by atoms with Crippen LogP contribution in [0.5, 0.6) is 0 Å². The standard InChI is InChI=1S/C20H26F4N6.HI/c1-13-9-15(21)6-7-17(13)30-8-4-5-16(12-30)27-19(25-2)26-10-14-11-29(3)28-18(14)20(22,23)24;/h6-7,9,11,16H,4-5,8,10,12H2,1-3H3,(H2,25,26,27);1H. The maximum Gasteiger partial charge on any atom is 0.435 e. The third kappa shape index (κ3) is 6.47. The number of alkyl halides is 3. The molecule has 0 saturated carbocycles. The number of benzene rings is 1. The molecule has 0 spiro atoms. The maximum absolute atomic E-state index is 13.4. The first-order valence-electron chi connectivity index (χ1n) is 9.75. The summed E-state index contributed by atoms with van der Waals surface area (Å²) in [4.78, 5) is 6.33. The number of halogens is 5. The summed E-state index contributed by atoms with van der Waals surface area (Å²) in [6.07, 6.45) is -1.32. The third-order valence-electron chi connectivity index (χ3n) is 5.10. The van der Waals surface area contributed by atoms with Gasteiger partial charge in [0.05, 0.1) is 0 Å². The fraction of sp³-hybridized carbons (Fsp3) is 0.500. The quantitative estimate of drug-likeness (QED) is 0.261. The number of nitrogens with zero attached hydrogens (tertiary/aromatic N) is 4. The molecule has 1 saturated heterocycles. The van der Waals surface area contributed by atoms with Crippen molar-refractivity contribution in [1.82, 2.24) is 20.4 Å². The number of aliphatic imine (C=N–C) groups is 1. The van der Waals surface area contributed by atoms with Crippen molar-refractivity contribution < 1.29 is 17.6 Å². The van der Waals surface area contributed by atoms with Gasteiger partial charge in [0.25, 0.3) is 0 Å². The lowest BCUT2D eigenvalue weighted by Crippen LogP contribution is -2.51. The van der Waals surface area contributed by atoms with Gasteiger partial charge < -0.3 is 15.5 Å². The van der Waals surface area contributed by atoms with Crippen LogP contribution in [0.3, 0.4) is 0 Å². The number of aromatic nitrogens is 2. The molecule has 0 aliphatic carbocycles. The van der Waals surface area contributed by atoms with Gasteiger partial charge in [0.2, 0.25) is 0 Å². The number of guanidine groups is 1. The van der Waals surface area contributed by atoms with E-state index in [1.807, 2.05) is 6.92 Å². The monoisotopic (exact) mass is 554 g/mol. The first-order chi connectivity index (χ1) is 14.2. The SMILES string of the molecule is CN=C(NCc1cn(C)nc1C(F)(F)F)NC1CCCN(c2ccc(F)cc2C)C1.I. The molecule has 1 aliphatic rings. The molecule has 31 heavy (non-hydrogen) atoms. The average Bonchev–Trinajstić information content (AvgIpc) is 3.06. The van der Waals surface area contributed by atoms with E-state index < -0.39 is 11.9 Å². The van der Waals surface area contributed by atoms with E-state index in [1.54, 1.807) is 13.1 Å². The van der Waals surface area contributed by atoms with Crippen molar-refractivity contribution in [3.63, 3.8) is 0 Å². The van der Waals surface area contributed by atoms with Crippen LogP contribution in [0.1, 0.15) is 29.7 Å². The number of hydrogen-bond donors (Lipinski definition) is 2. The molecule has 0 amide bonds. The molecular formula is C20H27F4IN6. The van der Waals surface area contributed by atoms with Crippen molar-refractivity contribution in [2.24, 2.45) is 12.0 Å². The molecule has 1 fully saturated rings. The molecule has 1 aliphatic heterocycles. The lowest BCUT2D eigenvalue weighted by Gasteiger charge is -2.36. The van der Waals surface area contributed by atoms with Gasteiger partial charge in [-0.1, -0.05) is 0 Å². The Morgan fingerprint density at radius 3 is 2.71 bits per heavy atom. The van der Waals surface area contributed by atoms with E-state index in [1.165, 1.54) is 25.4 Å². The Morgan fingerprint density at radius 1 is 1.32 bits per heavy atom. The second kappa shape index (κ2) is 10.5. The second-order valence-electron chi connectivity index (χ2n) is 7.46. The number of piperidine rings is 1. The van der Waals surface area contributed by atoms with Crippen LogP contribution in [0.15, 0.2) is 29.4 Å². The van der Waals surface area contributed by atoms with Gasteiger partial charge in [0.15, 0.2) is 11.7 Å². The molecule has 6 nitrogen and oxygen atoms in total. The predicted octanol–water partition coefficient (Wildman–Crippen LogP) is 3.84. The fourth-order valence-electron chi connectivity index (χ4n) is 3.76. The second-order valence-corrected chi connectivity index (χ2v) is 7.46. The van der Waals surface area contributed by atoms with E-state index in [0.29, 0.717) is 12.5 Å². The van der Waals surface area contributed by atoms with Gasteiger partial charge >= 0.3 is 6.18 Å². The third-order valence-corrected chi connectivity index (χ3v) is 5.10. The number of hydrogen-bond acceptors (Lipinski definition) is 3. The Bertz CT molecular complexity index is 912. The highest BCUT2D eigenvalue weighted by molar-refractivity contribution is 14.0. The predicted molar refractivity (Wildman–Crippen MR) is 123 cm³/mol. The maximum atomic E-state index is 13.4. The average molecular weight is 554 g/mol. The molecule has 172 valence electrons. The summed E-state index contributed by atoms with van der Waals surface area (Å²) in [5, 5.41) is 9.75. The summed E-state index contributed by atoms with van der Waals surface area (Å²) in [6, 6.07) is 4.80. The van der Waals surface area contributed by atoms with Gasteiger partial charge in [-0.25, -0.2) is 4.39 Å². The van der Waals surface area contributed by atoms with Gasteiger partial charge in [0, 0.05) is 57.2 Å². The zero-order valence-corrected chi connectivity index (χ0v) is 20.0. The van der Waals surface area contributed by atoms with Crippen LogP contribution in [0, 0.1) is 12.7 Å². The van der Waals surface area contributed by atoms with E-state index in [2.05, 4.69) is 25.6 Å². The van der Waals surface area contributed by atoms with Crippen LogP contribution in [0.2, 0.25) is 0 Å². The number of aryl methyl sites for hydroxylation is 2. The van der Waals surface area contributed by atoms with Crippen LogP contribution in [-0.2, 0) is 19.8 Å². The van der Waals surface area contributed by atoms with Gasteiger partial charge in [-0.15, -0.1) is 24.0 Å². The van der Waals surface area contributed by atoms with Crippen LogP contribution in [0.25, 0.3) is 0 Å². The van der Waals surface area contributed by atoms with Crippen molar-refractivity contribution in [3.05, 3.63) is 47.0 Å². The molecule has 1 aromatic heterocycles. The van der Waals surface area contributed by atoms with Crippen molar-refractivity contribution in [2.45, 2.75) is 38.5 Å². The van der Waals surface area contributed by atoms with E-state index in [9.17, 15) is 17.6 Å². The van der Waals surface area contributed by atoms with Gasteiger partial charge in [-0.05, 0) is 43.5 Å². The normalized spacial score (nSPS) is 17.3. The summed E-state index contributed by atoms with van der Waals surface area (Å²) in [6.45, 7) is 3.38. The molecule has 2 aromatic rings. The first kappa shape index (κ1) is 25.2. The molecule has 2 N–H and O–H groups in total. The molecule has 11 heteroatoms.